The van der Waals surface area contributed by atoms with Crippen molar-refractivity contribution in [3.63, 3.8) is 0 Å². The number of carbonyl (C=O) groups excluding carboxylic acids is 1. The molecule has 0 aliphatic carbocycles. The molecule has 6 nitrogen and oxygen atoms in total. The number of rotatable bonds is 7. The minimum atomic E-state index is -3.72. The number of nitrogens with one attached hydrogen (secondary N) is 1. The Hall–Kier alpha value is -1.96. The fourth-order valence-electron chi connectivity index (χ4n) is 2.64. The molecule has 2 aromatic rings. The zero-order valence-electron chi connectivity index (χ0n) is 15.1. The van der Waals surface area contributed by atoms with Gasteiger partial charge in [0.2, 0.25) is 15.9 Å². The highest BCUT2D eigenvalue weighted by atomic mass is 35.5. The van der Waals surface area contributed by atoms with Crippen molar-refractivity contribution in [2.75, 3.05) is 23.0 Å². The van der Waals surface area contributed by atoms with Crippen molar-refractivity contribution < 1.29 is 17.9 Å². The Bertz CT molecular complexity index is 897. The van der Waals surface area contributed by atoms with Crippen LogP contribution in [0.5, 0.6) is 5.75 Å². The number of nitrogens with zero attached hydrogens (tertiary/aromatic N) is 1. The molecule has 0 unspecified atom stereocenters. The zero-order valence-corrected chi connectivity index (χ0v) is 17.4. The van der Waals surface area contributed by atoms with Crippen LogP contribution in [0.2, 0.25) is 10.0 Å². The predicted molar refractivity (Wildman–Crippen MR) is 109 cm³/mol. The van der Waals surface area contributed by atoms with Crippen molar-refractivity contribution in [2.45, 2.75) is 19.4 Å². The van der Waals surface area contributed by atoms with E-state index in [1.54, 1.807) is 31.2 Å². The summed E-state index contributed by atoms with van der Waals surface area (Å²) in [5.41, 5.74) is 0.753. The summed E-state index contributed by atoms with van der Waals surface area (Å²) in [7, 11) is -2.21. The zero-order chi connectivity index (χ0) is 20.2. The molecule has 9 heteroatoms. The first-order chi connectivity index (χ1) is 12.7. The molecule has 0 heterocycles. The molecule has 2 aromatic carbocycles. The first-order valence-corrected chi connectivity index (χ1v) is 10.7. The molecule has 0 fully saturated rings. The van der Waals surface area contributed by atoms with E-state index in [1.165, 1.54) is 25.3 Å². The van der Waals surface area contributed by atoms with E-state index in [9.17, 15) is 13.2 Å². The van der Waals surface area contributed by atoms with Crippen molar-refractivity contribution in [2.24, 2.45) is 0 Å². The fourth-order valence-corrected chi connectivity index (χ4v) is 4.38. The number of ether oxygens (including phenoxy) is 1. The maximum absolute atomic E-state index is 12.8. The van der Waals surface area contributed by atoms with E-state index in [1.807, 2.05) is 0 Å². The van der Waals surface area contributed by atoms with Crippen molar-refractivity contribution in [3.8, 4) is 5.75 Å². The summed E-state index contributed by atoms with van der Waals surface area (Å²) >= 11 is 11.9. The lowest BCUT2D eigenvalue weighted by Crippen LogP contribution is -2.47. The number of sulfonamides is 1. The van der Waals surface area contributed by atoms with Crippen LogP contribution in [0.4, 0.5) is 11.4 Å². The van der Waals surface area contributed by atoms with Gasteiger partial charge < -0.3 is 10.1 Å². The Balaban J connectivity index is 2.37. The average molecular weight is 431 g/mol. The summed E-state index contributed by atoms with van der Waals surface area (Å²) in [4.78, 5) is 12.8. The van der Waals surface area contributed by atoms with E-state index < -0.39 is 22.0 Å². The second kappa shape index (κ2) is 8.82. The highest BCUT2D eigenvalue weighted by Crippen LogP contribution is 2.27. The van der Waals surface area contributed by atoms with E-state index in [0.29, 0.717) is 27.2 Å². The van der Waals surface area contributed by atoms with Gasteiger partial charge in [0, 0.05) is 15.7 Å². The summed E-state index contributed by atoms with van der Waals surface area (Å²) in [6.07, 6.45) is 1.32. The van der Waals surface area contributed by atoms with Crippen LogP contribution in [-0.4, -0.2) is 33.7 Å². The molecule has 0 radical (unpaired) electrons. The second-order valence-electron chi connectivity index (χ2n) is 5.83. The van der Waals surface area contributed by atoms with Crippen LogP contribution in [0.3, 0.4) is 0 Å². The summed E-state index contributed by atoms with van der Waals surface area (Å²) in [6.45, 7) is 1.73. The molecule has 146 valence electrons. The van der Waals surface area contributed by atoms with Gasteiger partial charge in [0.1, 0.15) is 11.8 Å². The Labute approximate surface area is 169 Å². The number of methoxy groups -OCH3 is 1. The maximum Gasteiger partial charge on any atom is 0.248 e. The van der Waals surface area contributed by atoms with Gasteiger partial charge in [0.25, 0.3) is 0 Å². The first-order valence-electron chi connectivity index (χ1n) is 8.06. The average Bonchev–Trinajstić information content (AvgIpc) is 2.57. The quantitative estimate of drug-likeness (QED) is 0.714. The van der Waals surface area contributed by atoms with E-state index in [0.717, 1.165) is 10.6 Å². The van der Waals surface area contributed by atoms with Crippen LogP contribution < -0.4 is 14.4 Å². The first kappa shape index (κ1) is 21.3. The number of hydrogen-bond donors (Lipinski definition) is 1. The monoisotopic (exact) mass is 430 g/mol. The number of halogens is 2. The van der Waals surface area contributed by atoms with Gasteiger partial charge >= 0.3 is 0 Å². The third-order valence-electron chi connectivity index (χ3n) is 3.79. The molecule has 0 aliphatic heterocycles. The van der Waals surface area contributed by atoms with Crippen molar-refractivity contribution >= 4 is 50.5 Å². The Kier molecular flexibility index (Phi) is 6.97. The fraction of sp³-hybridized carbons (Fsp3) is 0.278. The van der Waals surface area contributed by atoms with Gasteiger partial charge in [-0.3, -0.25) is 9.10 Å². The van der Waals surface area contributed by atoms with Gasteiger partial charge in [-0.15, -0.1) is 0 Å². The van der Waals surface area contributed by atoms with Gasteiger partial charge in [-0.05, 0) is 48.9 Å². The normalized spacial score (nSPS) is 12.3. The lowest BCUT2D eigenvalue weighted by molar-refractivity contribution is -0.117. The largest absolute Gasteiger partial charge is 0.497 e. The molecule has 0 aromatic heterocycles. The van der Waals surface area contributed by atoms with Crippen LogP contribution in [0.15, 0.2) is 42.5 Å². The number of anilines is 2. The topological polar surface area (TPSA) is 75.7 Å². The minimum Gasteiger partial charge on any atom is -0.497 e. The van der Waals surface area contributed by atoms with Crippen LogP contribution in [0, 0.1) is 0 Å². The van der Waals surface area contributed by atoms with Crippen molar-refractivity contribution in [3.05, 3.63) is 52.5 Å². The van der Waals surface area contributed by atoms with Crippen LogP contribution >= 0.6 is 23.2 Å². The highest BCUT2D eigenvalue weighted by molar-refractivity contribution is 7.92. The third-order valence-corrected chi connectivity index (χ3v) is 5.40. The summed E-state index contributed by atoms with van der Waals surface area (Å²) in [5.74, 6) is 0.0929. The molecular formula is C18H20Cl2N2O4S. The van der Waals surface area contributed by atoms with Gasteiger partial charge in [0.05, 0.1) is 19.1 Å². The number of hydrogen-bond acceptors (Lipinski definition) is 4. The lowest BCUT2D eigenvalue weighted by atomic mass is 10.1. The predicted octanol–water partition coefficient (Wildman–Crippen LogP) is 4.19. The second-order valence-corrected chi connectivity index (χ2v) is 8.56. The molecule has 0 aliphatic rings. The van der Waals surface area contributed by atoms with Gasteiger partial charge in [-0.1, -0.05) is 30.1 Å². The lowest BCUT2D eigenvalue weighted by Gasteiger charge is -2.30. The van der Waals surface area contributed by atoms with E-state index in [2.05, 4.69) is 5.32 Å². The van der Waals surface area contributed by atoms with Gasteiger partial charge in [-0.2, -0.15) is 0 Å². The van der Waals surface area contributed by atoms with E-state index in [4.69, 9.17) is 27.9 Å². The van der Waals surface area contributed by atoms with E-state index in [-0.39, 0.29) is 6.42 Å². The molecule has 1 atom stereocenters. The van der Waals surface area contributed by atoms with Gasteiger partial charge in [-0.25, -0.2) is 8.42 Å². The molecule has 1 N–H and O–H groups in total. The SMILES string of the molecule is CC[C@@H](C(=O)Nc1cc(Cl)cc(Cl)c1)N(c1ccc(OC)cc1)S(C)(=O)=O. The van der Waals surface area contributed by atoms with Crippen molar-refractivity contribution in [1.82, 2.24) is 0 Å². The molecule has 0 saturated carbocycles. The molecule has 1 amide bonds. The molecule has 0 saturated heterocycles. The highest BCUT2D eigenvalue weighted by Gasteiger charge is 2.31. The van der Waals surface area contributed by atoms with Gasteiger partial charge in [0.15, 0.2) is 0 Å². The van der Waals surface area contributed by atoms with Crippen LogP contribution in [0.1, 0.15) is 13.3 Å². The molecule has 27 heavy (non-hydrogen) atoms. The summed E-state index contributed by atoms with van der Waals surface area (Å²) in [6, 6.07) is 10.1. The van der Waals surface area contributed by atoms with E-state index >= 15 is 0 Å². The third kappa shape index (κ3) is 5.51. The standard InChI is InChI=1S/C18H20Cl2N2O4S/c1-4-17(18(23)21-14-10-12(19)9-13(20)11-14)22(27(3,24)25)15-5-7-16(26-2)8-6-15/h5-11,17H,4H2,1-3H3,(H,21,23)/t17-/m0/s1. The number of amides is 1. The molecular weight excluding hydrogens is 411 g/mol. The van der Waals surface area contributed by atoms with Crippen molar-refractivity contribution in [1.29, 1.82) is 0 Å². The summed E-state index contributed by atoms with van der Waals surface area (Å²) in [5, 5.41) is 3.40. The molecule has 0 spiro atoms. The minimum absolute atomic E-state index is 0.263. The number of carbonyl (C=O) groups is 1. The molecule has 2 rings (SSSR count). The van der Waals surface area contributed by atoms with Crippen LogP contribution in [-0.2, 0) is 14.8 Å². The molecule has 0 bridgehead atoms. The maximum atomic E-state index is 12.8. The van der Waals surface area contributed by atoms with Crippen LogP contribution in [0.25, 0.3) is 0 Å². The smallest absolute Gasteiger partial charge is 0.248 e. The Morgan fingerprint density at radius 3 is 2.15 bits per heavy atom. The Morgan fingerprint density at radius 1 is 1.15 bits per heavy atom. The number of benzene rings is 2. The Morgan fingerprint density at radius 2 is 1.70 bits per heavy atom. The summed E-state index contributed by atoms with van der Waals surface area (Å²) < 4.78 is 31.0.